The van der Waals surface area contributed by atoms with Gasteiger partial charge >= 0.3 is 6.18 Å². The van der Waals surface area contributed by atoms with E-state index in [0.717, 1.165) is 51.4 Å². The van der Waals surface area contributed by atoms with E-state index in [1.54, 1.807) is 24.3 Å². The summed E-state index contributed by atoms with van der Waals surface area (Å²) in [5, 5.41) is 0. The van der Waals surface area contributed by atoms with Gasteiger partial charge in [-0.2, -0.15) is 13.2 Å². The summed E-state index contributed by atoms with van der Waals surface area (Å²) in [6.07, 6.45) is -0.611. The molecule has 0 bridgehead atoms. The van der Waals surface area contributed by atoms with Crippen LogP contribution in [0.3, 0.4) is 0 Å². The van der Waals surface area contributed by atoms with Crippen LogP contribution in [0.5, 0.6) is 5.75 Å². The van der Waals surface area contributed by atoms with Crippen molar-refractivity contribution >= 4 is 11.9 Å². The lowest BCUT2D eigenvalue weighted by Gasteiger charge is -2.26. The Bertz CT molecular complexity index is 839. The summed E-state index contributed by atoms with van der Waals surface area (Å²) in [6.45, 7) is 5.04. The van der Waals surface area contributed by atoms with Crippen LogP contribution in [0, 0.1) is 0 Å². The molecule has 1 aliphatic heterocycles. The average Bonchev–Trinajstić information content (AvgIpc) is 2.76. The Morgan fingerprint density at radius 1 is 1.03 bits per heavy atom. The zero-order valence-electron chi connectivity index (χ0n) is 16.5. The Morgan fingerprint density at radius 2 is 1.70 bits per heavy atom. The Morgan fingerprint density at radius 3 is 2.33 bits per heavy atom. The van der Waals surface area contributed by atoms with Gasteiger partial charge < -0.3 is 9.47 Å². The van der Waals surface area contributed by atoms with Gasteiger partial charge in [-0.1, -0.05) is 18.2 Å². The molecule has 0 radical (unpaired) electrons. The highest BCUT2D eigenvalue weighted by Gasteiger charge is 2.29. The topological polar surface area (TPSA) is 38.8 Å². The minimum absolute atomic E-state index is 0.228. The second-order valence-corrected chi connectivity index (χ2v) is 7.00. The molecule has 0 saturated carbocycles. The van der Waals surface area contributed by atoms with Crippen molar-refractivity contribution in [1.29, 1.82) is 0 Å². The Balaban J connectivity index is 1.45. The standard InChI is InChI=1S/C23H24F3NO3/c24-23(25,26)20-7-2-18(3-8-20)4-11-22(28)19-5-9-21(10-6-19)30-15-1-12-27-13-16-29-17-14-27/h2-11H,1,12-17H2/b11-4+. The van der Waals surface area contributed by atoms with E-state index in [2.05, 4.69) is 4.90 Å². The molecule has 0 amide bonds. The van der Waals surface area contributed by atoms with E-state index >= 15 is 0 Å². The minimum Gasteiger partial charge on any atom is -0.494 e. The summed E-state index contributed by atoms with van der Waals surface area (Å²) >= 11 is 0. The van der Waals surface area contributed by atoms with E-state index in [1.807, 2.05) is 0 Å². The van der Waals surface area contributed by atoms with Gasteiger partial charge in [0.05, 0.1) is 25.4 Å². The lowest BCUT2D eigenvalue weighted by molar-refractivity contribution is -0.137. The lowest BCUT2D eigenvalue weighted by Crippen LogP contribution is -2.37. The van der Waals surface area contributed by atoms with Gasteiger partial charge in [0.2, 0.25) is 0 Å². The van der Waals surface area contributed by atoms with Gasteiger partial charge in [-0.05, 0) is 54.5 Å². The molecule has 1 heterocycles. The zero-order chi connectivity index (χ0) is 21.4. The van der Waals surface area contributed by atoms with Gasteiger partial charge in [-0.25, -0.2) is 0 Å². The molecular weight excluding hydrogens is 395 g/mol. The van der Waals surface area contributed by atoms with E-state index in [4.69, 9.17) is 9.47 Å². The molecule has 0 spiro atoms. The number of morpholine rings is 1. The predicted molar refractivity (Wildman–Crippen MR) is 109 cm³/mol. The predicted octanol–water partition coefficient (Wildman–Crippen LogP) is 4.70. The lowest BCUT2D eigenvalue weighted by atomic mass is 10.1. The summed E-state index contributed by atoms with van der Waals surface area (Å²) in [7, 11) is 0. The number of benzene rings is 2. The summed E-state index contributed by atoms with van der Waals surface area (Å²) in [6, 6.07) is 11.5. The molecule has 4 nitrogen and oxygen atoms in total. The molecule has 160 valence electrons. The first-order valence-electron chi connectivity index (χ1n) is 9.84. The largest absolute Gasteiger partial charge is 0.494 e. The van der Waals surface area contributed by atoms with E-state index in [0.29, 0.717) is 23.5 Å². The number of hydrogen-bond donors (Lipinski definition) is 0. The highest BCUT2D eigenvalue weighted by atomic mass is 19.4. The van der Waals surface area contributed by atoms with Crippen molar-refractivity contribution < 1.29 is 27.4 Å². The fraction of sp³-hybridized carbons (Fsp3) is 0.348. The van der Waals surface area contributed by atoms with Crippen LogP contribution in [0.25, 0.3) is 6.08 Å². The average molecular weight is 419 g/mol. The number of carbonyl (C=O) groups is 1. The Labute approximate surface area is 173 Å². The van der Waals surface area contributed by atoms with Crippen molar-refractivity contribution in [2.45, 2.75) is 12.6 Å². The van der Waals surface area contributed by atoms with Gasteiger partial charge in [-0.3, -0.25) is 9.69 Å². The van der Waals surface area contributed by atoms with Crippen molar-refractivity contribution in [2.24, 2.45) is 0 Å². The van der Waals surface area contributed by atoms with Gasteiger partial charge in [0.25, 0.3) is 0 Å². The van der Waals surface area contributed by atoms with E-state index in [9.17, 15) is 18.0 Å². The van der Waals surface area contributed by atoms with Gasteiger partial charge in [-0.15, -0.1) is 0 Å². The molecule has 7 heteroatoms. The summed E-state index contributed by atoms with van der Waals surface area (Å²) in [5.41, 5.74) is 0.293. The van der Waals surface area contributed by atoms with Crippen LogP contribution in [0.1, 0.15) is 27.9 Å². The molecule has 0 atom stereocenters. The normalized spacial score (nSPS) is 15.4. The SMILES string of the molecule is O=C(/C=C/c1ccc(C(F)(F)F)cc1)c1ccc(OCCCN2CCOCC2)cc1. The van der Waals surface area contributed by atoms with Crippen LogP contribution in [0.15, 0.2) is 54.6 Å². The minimum atomic E-state index is -4.37. The van der Waals surface area contributed by atoms with Crippen LogP contribution in [0.4, 0.5) is 13.2 Å². The highest BCUT2D eigenvalue weighted by Crippen LogP contribution is 2.29. The van der Waals surface area contributed by atoms with Crippen molar-refractivity contribution in [3.05, 3.63) is 71.3 Å². The molecular formula is C23H24F3NO3. The highest BCUT2D eigenvalue weighted by molar-refractivity contribution is 6.06. The van der Waals surface area contributed by atoms with Crippen LogP contribution in [-0.4, -0.2) is 50.1 Å². The number of allylic oxidation sites excluding steroid dienone is 1. The second kappa shape index (κ2) is 10.4. The van der Waals surface area contributed by atoms with Crippen LogP contribution in [0.2, 0.25) is 0 Å². The number of ketones is 1. The number of nitrogens with zero attached hydrogens (tertiary/aromatic N) is 1. The van der Waals surface area contributed by atoms with Gasteiger partial charge in [0, 0.05) is 25.2 Å². The fourth-order valence-corrected chi connectivity index (χ4v) is 3.07. The third-order valence-corrected chi connectivity index (χ3v) is 4.80. The van der Waals surface area contributed by atoms with Gasteiger partial charge in [0.1, 0.15) is 5.75 Å². The Hall–Kier alpha value is -2.64. The fourth-order valence-electron chi connectivity index (χ4n) is 3.07. The third-order valence-electron chi connectivity index (χ3n) is 4.80. The molecule has 1 fully saturated rings. The van der Waals surface area contributed by atoms with Crippen molar-refractivity contribution in [1.82, 2.24) is 4.90 Å². The molecule has 2 aromatic carbocycles. The van der Waals surface area contributed by atoms with E-state index in [1.165, 1.54) is 24.3 Å². The molecule has 30 heavy (non-hydrogen) atoms. The van der Waals surface area contributed by atoms with E-state index < -0.39 is 11.7 Å². The second-order valence-electron chi connectivity index (χ2n) is 7.00. The molecule has 0 N–H and O–H groups in total. The van der Waals surface area contributed by atoms with Crippen molar-refractivity contribution in [2.75, 3.05) is 39.5 Å². The molecule has 3 rings (SSSR count). The number of alkyl halides is 3. The number of carbonyl (C=O) groups excluding carboxylic acids is 1. The summed E-state index contributed by atoms with van der Waals surface area (Å²) in [5.74, 6) is 0.467. The van der Waals surface area contributed by atoms with Crippen LogP contribution in [-0.2, 0) is 10.9 Å². The number of ether oxygens (including phenoxy) is 2. The summed E-state index contributed by atoms with van der Waals surface area (Å²) < 4.78 is 48.8. The molecule has 0 aliphatic carbocycles. The molecule has 1 aliphatic rings. The van der Waals surface area contributed by atoms with Crippen LogP contribution >= 0.6 is 0 Å². The van der Waals surface area contributed by atoms with Crippen molar-refractivity contribution in [3.63, 3.8) is 0 Å². The first-order chi connectivity index (χ1) is 14.4. The number of hydrogen-bond acceptors (Lipinski definition) is 4. The smallest absolute Gasteiger partial charge is 0.416 e. The van der Waals surface area contributed by atoms with Gasteiger partial charge in [0.15, 0.2) is 5.78 Å². The number of rotatable bonds is 8. The number of halogens is 3. The van der Waals surface area contributed by atoms with Crippen LogP contribution < -0.4 is 4.74 Å². The zero-order valence-corrected chi connectivity index (χ0v) is 16.5. The van der Waals surface area contributed by atoms with E-state index in [-0.39, 0.29) is 5.78 Å². The first-order valence-corrected chi connectivity index (χ1v) is 9.84. The third kappa shape index (κ3) is 6.71. The maximum Gasteiger partial charge on any atom is 0.416 e. The summed E-state index contributed by atoms with van der Waals surface area (Å²) in [4.78, 5) is 14.6. The quantitative estimate of drug-likeness (QED) is 0.353. The molecule has 0 unspecified atom stereocenters. The molecule has 1 saturated heterocycles. The Kier molecular flexibility index (Phi) is 7.65. The maximum atomic E-state index is 12.6. The van der Waals surface area contributed by atoms with Crippen molar-refractivity contribution in [3.8, 4) is 5.75 Å². The monoisotopic (exact) mass is 419 g/mol. The maximum absolute atomic E-state index is 12.6. The molecule has 2 aromatic rings. The first kappa shape index (κ1) is 22.1. The molecule has 0 aromatic heterocycles.